The highest BCUT2D eigenvalue weighted by Crippen LogP contribution is 2.64. The normalized spacial score (nSPS) is 25.1. The Bertz CT molecular complexity index is 3440. The molecule has 3 aromatic rings. The third kappa shape index (κ3) is 17.2. The van der Waals surface area contributed by atoms with E-state index in [1.54, 1.807) is 81.4 Å². The number of ketones is 1. The molecule has 1 saturated heterocycles. The van der Waals surface area contributed by atoms with Gasteiger partial charge in [-0.15, -0.1) is 0 Å². The van der Waals surface area contributed by atoms with Crippen molar-refractivity contribution in [3.63, 3.8) is 0 Å². The molecule has 2 saturated carbocycles. The molecule has 28 heteroatoms. The highest BCUT2D eigenvalue weighted by atomic mass is 16.6. The van der Waals surface area contributed by atoms with Crippen LogP contribution < -0.4 is 32.3 Å². The standard InChI is InChI=1S/C70H96N8O20/c1-38(2)51(73-39(3)4)59(84)75-46(26-21-31-72-62(71)87)58(83)74-45-29-27-42(28-30-45)36-92-64(89)77(13)32-33-78(14)65(90)95-54(52(43-22-17-15-18-23-43)76-63(88)98-66(7,8)9)61(86)94-47-35-70(91)57(96-60(85)44-24-19-16-20-25-44)55-68(12,56(82)53(81)50(40(47)5)67(70,10)11)48(80)34-49-69(55,37-93-49)97-41(6)79/h15-20,22-25,27-30,38-39,46-49,51-55,57,73,80-81,91H,21,26,31-37H2,1-14H3,(H,74,83)(H,75,84)(H,76,88)(H3,71,72,87)/t46-,47-,48-,49+,51-,52-,53+,54+,55-,57-,68+,69-,70+/m0/s1. The molecule has 7 amide bonds. The van der Waals surface area contributed by atoms with Gasteiger partial charge in [0.05, 0.1) is 35.6 Å². The Kier molecular flexibility index (Phi) is 24.6. The molecular weight excluding hydrogens is 1270 g/mol. The molecule has 10 N–H and O–H groups in total. The molecule has 4 aliphatic rings. The average Bonchev–Trinajstić information content (AvgIpc) is 0.671. The second-order valence-corrected chi connectivity index (χ2v) is 28.1. The Labute approximate surface area is 570 Å². The number of likely N-dealkylation sites (N-methyl/N-ethyl adjacent to an activating group) is 2. The molecule has 3 fully saturated rings. The summed E-state index contributed by atoms with van der Waals surface area (Å²) in [6, 6.07) is 18.2. The molecule has 28 nitrogen and oxygen atoms in total. The predicted molar refractivity (Wildman–Crippen MR) is 354 cm³/mol. The summed E-state index contributed by atoms with van der Waals surface area (Å²) in [7, 11) is 2.73. The zero-order chi connectivity index (χ0) is 72.6. The molecule has 1 heterocycles. The lowest BCUT2D eigenvalue weighted by Crippen LogP contribution is -2.81. The summed E-state index contributed by atoms with van der Waals surface area (Å²) in [5, 5.41) is 52.7. The largest absolute Gasteiger partial charge is 0.455 e. The van der Waals surface area contributed by atoms with Gasteiger partial charge in [-0.25, -0.2) is 28.8 Å². The molecule has 536 valence electrons. The second kappa shape index (κ2) is 31.4. The van der Waals surface area contributed by atoms with Crippen molar-refractivity contribution in [2.75, 3.05) is 45.7 Å². The Morgan fingerprint density at radius 3 is 1.99 bits per heavy atom. The number of hydrogen-bond donors (Lipinski definition) is 9. The number of nitrogens with two attached hydrogens (primary N) is 1. The molecule has 7 rings (SSSR count). The highest BCUT2D eigenvalue weighted by molar-refractivity contribution is 5.98. The number of rotatable bonds is 25. The van der Waals surface area contributed by atoms with Gasteiger partial charge in [0.25, 0.3) is 0 Å². The molecule has 3 aromatic carbocycles. The van der Waals surface area contributed by atoms with Gasteiger partial charge in [-0.05, 0) is 99.9 Å². The molecule has 3 aliphatic carbocycles. The lowest BCUT2D eigenvalue weighted by Gasteiger charge is -2.67. The molecule has 98 heavy (non-hydrogen) atoms. The lowest BCUT2D eigenvalue weighted by atomic mass is 9.44. The Hall–Kier alpha value is -8.70. The molecule has 2 bridgehead atoms. The molecule has 0 radical (unpaired) electrons. The number of aliphatic hydroxyl groups is 3. The van der Waals surface area contributed by atoms with Gasteiger partial charge < -0.3 is 90.6 Å². The van der Waals surface area contributed by atoms with Crippen LogP contribution in [0.1, 0.15) is 136 Å². The Balaban J connectivity index is 1.12. The molecular formula is C70H96N8O20. The predicted octanol–water partition coefficient (Wildman–Crippen LogP) is 5.50. The van der Waals surface area contributed by atoms with E-state index in [0.717, 1.165) is 11.8 Å². The number of benzene rings is 3. The first-order valence-electron chi connectivity index (χ1n) is 32.8. The van der Waals surface area contributed by atoms with E-state index < -0.39 is 149 Å². The van der Waals surface area contributed by atoms with Gasteiger partial charge in [-0.1, -0.05) is 102 Å². The second-order valence-electron chi connectivity index (χ2n) is 28.1. The summed E-state index contributed by atoms with van der Waals surface area (Å²) in [4.78, 5) is 141. The lowest BCUT2D eigenvalue weighted by molar-refractivity contribution is -0.346. The fourth-order valence-electron chi connectivity index (χ4n) is 13.5. The number of esters is 3. The van der Waals surface area contributed by atoms with Crippen LogP contribution in [0.5, 0.6) is 0 Å². The third-order valence-corrected chi connectivity index (χ3v) is 18.8. The quantitative estimate of drug-likeness (QED) is 0.0219. The van der Waals surface area contributed by atoms with Gasteiger partial charge in [-0.2, -0.15) is 0 Å². The van der Waals surface area contributed by atoms with E-state index in [4.69, 9.17) is 38.9 Å². The van der Waals surface area contributed by atoms with Crippen LogP contribution in [0.25, 0.3) is 0 Å². The number of nitrogens with one attached hydrogen (secondary N) is 5. The van der Waals surface area contributed by atoms with Crippen LogP contribution >= 0.6 is 0 Å². The number of hydrogen-bond acceptors (Lipinski definition) is 21. The molecule has 13 atom stereocenters. The summed E-state index contributed by atoms with van der Waals surface area (Å²) in [5.41, 5.74) is -3.11. The van der Waals surface area contributed by atoms with E-state index >= 15 is 9.59 Å². The first kappa shape index (κ1) is 76.7. The zero-order valence-corrected chi connectivity index (χ0v) is 58.1. The smallest absolute Gasteiger partial charge is 0.410 e. The summed E-state index contributed by atoms with van der Waals surface area (Å²) < 4.78 is 42.1. The van der Waals surface area contributed by atoms with Gasteiger partial charge in [0, 0.05) is 70.6 Å². The number of amides is 7. The van der Waals surface area contributed by atoms with Gasteiger partial charge in [-0.3, -0.25) is 19.2 Å². The number of carbonyl (C=O) groups is 10. The van der Waals surface area contributed by atoms with Crippen molar-refractivity contribution in [2.24, 2.45) is 28.4 Å². The van der Waals surface area contributed by atoms with Crippen molar-refractivity contribution in [1.82, 2.24) is 31.1 Å². The minimum atomic E-state index is -2.52. The molecule has 1 aliphatic heterocycles. The minimum Gasteiger partial charge on any atom is -0.455 e. The number of primary amides is 1. The van der Waals surface area contributed by atoms with Crippen molar-refractivity contribution in [3.05, 3.63) is 113 Å². The van der Waals surface area contributed by atoms with Crippen LogP contribution in [0, 0.1) is 22.7 Å². The van der Waals surface area contributed by atoms with E-state index in [9.17, 15) is 53.7 Å². The number of Topliss-reactive ketones (excluding diaryl/α,β-unsaturated/α-hetero) is 1. The van der Waals surface area contributed by atoms with Crippen LogP contribution in [-0.2, 0) is 63.7 Å². The maximum atomic E-state index is 15.5. The van der Waals surface area contributed by atoms with Crippen molar-refractivity contribution in [2.45, 2.75) is 193 Å². The maximum absolute atomic E-state index is 15.5. The number of alkyl carbamates (subject to hydrolysis) is 1. The Morgan fingerprint density at radius 2 is 1.43 bits per heavy atom. The van der Waals surface area contributed by atoms with E-state index in [-0.39, 0.29) is 85.8 Å². The van der Waals surface area contributed by atoms with Crippen molar-refractivity contribution < 1.29 is 96.4 Å². The van der Waals surface area contributed by atoms with E-state index in [0.29, 0.717) is 17.7 Å². The number of anilines is 1. The fraction of sp³-hybridized carbons (Fsp3) is 0.571. The highest BCUT2D eigenvalue weighted by Gasteiger charge is 2.78. The first-order valence-corrected chi connectivity index (χ1v) is 32.8. The SMILES string of the molecule is CC(=O)O[C@@]12CO[C@@H]1C[C@H](O)[C@@]1(C)C(=O)[C@H](O)C3=C(C)[C@@H](OC(=O)[C@H](OC(=O)N(C)CCN(C)C(=O)OCc4ccc(NC(=O)[C@H](CCCNC(N)=O)NC(=O)[C@@H](NC(C)C)C(C)C)cc4)[C@@H](NC(=O)OC(C)(C)C)c4ccccc4)C[C@@](O)([C@@H](OC(=O)c4ccccc4)[C@H]21)C3(C)C. The van der Waals surface area contributed by atoms with Crippen molar-refractivity contribution >= 4 is 65.5 Å². The van der Waals surface area contributed by atoms with Crippen molar-refractivity contribution in [1.29, 1.82) is 0 Å². The topological polar surface area (TPSA) is 389 Å². The number of ether oxygens (including phenoxy) is 7. The number of fused-ring (bicyclic) bond motifs is 5. The number of carbonyl (C=O) groups excluding carboxylic acids is 10. The first-order chi connectivity index (χ1) is 45.9. The Morgan fingerprint density at radius 1 is 0.816 bits per heavy atom. The van der Waals surface area contributed by atoms with Crippen LogP contribution in [0.4, 0.5) is 24.9 Å². The van der Waals surface area contributed by atoms with Gasteiger partial charge in [0.1, 0.15) is 54.3 Å². The van der Waals surface area contributed by atoms with Gasteiger partial charge >= 0.3 is 42.2 Å². The summed E-state index contributed by atoms with van der Waals surface area (Å²) in [5.74, 6) is -6.75. The molecule has 0 aromatic heterocycles. The van der Waals surface area contributed by atoms with E-state index in [1.807, 2.05) is 27.7 Å². The van der Waals surface area contributed by atoms with Crippen LogP contribution in [-0.4, -0.2) is 197 Å². The van der Waals surface area contributed by atoms with Gasteiger partial charge in [0.2, 0.25) is 17.9 Å². The van der Waals surface area contributed by atoms with Gasteiger partial charge in [0.15, 0.2) is 11.4 Å². The van der Waals surface area contributed by atoms with Crippen molar-refractivity contribution in [3.8, 4) is 0 Å². The number of urea groups is 1. The third-order valence-electron chi connectivity index (χ3n) is 18.8. The van der Waals surface area contributed by atoms with Crippen LogP contribution in [0.2, 0.25) is 0 Å². The van der Waals surface area contributed by atoms with E-state index in [2.05, 4.69) is 26.6 Å². The summed E-state index contributed by atoms with van der Waals surface area (Å²) >= 11 is 0. The number of aliphatic hydroxyl groups excluding tert-OH is 2. The molecule has 0 spiro atoms. The number of nitrogens with zero attached hydrogens (tertiary/aromatic N) is 2. The summed E-state index contributed by atoms with van der Waals surface area (Å²) in [6.45, 7) is 18.5. The fourth-order valence-corrected chi connectivity index (χ4v) is 13.5. The monoisotopic (exact) mass is 1370 g/mol. The zero-order valence-electron chi connectivity index (χ0n) is 58.1. The van der Waals surface area contributed by atoms with Crippen LogP contribution in [0.3, 0.4) is 0 Å². The van der Waals surface area contributed by atoms with E-state index in [1.165, 1.54) is 71.0 Å². The minimum absolute atomic E-state index is 0.0139. The summed E-state index contributed by atoms with van der Waals surface area (Å²) in [6.07, 6.45) is -14.0. The van der Waals surface area contributed by atoms with Crippen LogP contribution in [0.15, 0.2) is 96.1 Å². The molecule has 0 unspecified atom stereocenters. The average molecular weight is 1370 g/mol. The maximum Gasteiger partial charge on any atom is 0.410 e.